The van der Waals surface area contributed by atoms with Crippen LogP contribution >= 0.6 is 0 Å². The average molecular weight is 592 g/mol. The fourth-order valence-corrected chi connectivity index (χ4v) is 4.52. The van der Waals surface area contributed by atoms with Gasteiger partial charge in [-0.2, -0.15) is 0 Å². The average Bonchev–Trinajstić information content (AvgIpc) is 3.03. The van der Waals surface area contributed by atoms with E-state index in [1.54, 1.807) is 19.4 Å². The molecule has 2 atom stereocenters. The van der Waals surface area contributed by atoms with Gasteiger partial charge < -0.3 is 20.6 Å². The number of nitrogens with zero attached hydrogens (tertiary/aromatic N) is 3. The van der Waals surface area contributed by atoms with Crippen LogP contribution in [0.3, 0.4) is 0 Å². The predicted molar refractivity (Wildman–Crippen MR) is 179 cm³/mol. The molecule has 1 fully saturated rings. The van der Waals surface area contributed by atoms with Crippen LogP contribution in [-0.4, -0.2) is 67.5 Å². The van der Waals surface area contributed by atoms with Gasteiger partial charge >= 0.3 is 0 Å². The van der Waals surface area contributed by atoms with Crippen LogP contribution in [0, 0.1) is 5.92 Å². The normalized spacial score (nSPS) is 17.7. The number of aldehydes is 1. The highest BCUT2D eigenvalue weighted by atomic mass is 16.5. The second-order valence-corrected chi connectivity index (χ2v) is 10.5. The molecule has 2 aromatic carbocycles. The van der Waals surface area contributed by atoms with E-state index in [2.05, 4.69) is 45.2 Å². The van der Waals surface area contributed by atoms with Crippen molar-refractivity contribution in [1.29, 1.82) is 0 Å². The largest absolute Gasteiger partial charge is 0.496 e. The Morgan fingerprint density at radius 1 is 1.12 bits per heavy atom. The van der Waals surface area contributed by atoms with Crippen LogP contribution < -0.4 is 11.1 Å². The van der Waals surface area contributed by atoms with E-state index in [1.165, 1.54) is 17.3 Å². The summed E-state index contributed by atoms with van der Waals surface area (Å²) in [5.41, 5.74) is 9.88. The number of piperazine rings is 1. The molecule has 8 nitrogen and oxygen atoms in total. The van der Waals surface area contributed by atoms with Gasteiger partial charge in [-0.1, -0.05) is 76.2 Å². The van der Waals surface area contributed by atoms with Crippen LogP contribution in [-0.2, 0) is 34.0 Å². The highest BCUT2D eigenvalue weighted by molar-refractivity contribution is 5.82. The number of likely N-dealkylation sites (N-methyl/N-ethyl adjacent to an activating group) is 1. The van der Waals surface area contributed by atoms with Crippen molar-refractivity contribution in [1.82, 2.24) is 15.1 Å². The third-order valence-corrected chi connectivity index (χ3v) is 6.98. The van der Waals surface area contributed by atoms with Gasteiger partial charge in [-0.15, -0.1) is 0 Å². The van der Waals surface area contributed by atoms with Crippen molar-refractivity contribution in [2.45, 2.75) is 73.3 Å². The van der Waals surface area contributed by atoms with E-state index in [0.29, 0.717) is 19.6 Å². The lowest BCUT2D eigenvalue weighted by atomic mass is 10.0. The van der Waals surface area contributed by atoms with E-state index in [1.807, 2.05) is 78.1 Å². The molecule has 0 saturated carbocycles. The topological polar surface area (TPSA) is 100 Å². The van der Waals surface area contributed by atoms with E-state index in [0.717, 1.165) is 36.3 Å². The number of aliphatic imine (C=N–C) groups is 1. The Labute approximate surface area is 259 Å². The molecule has 1 amide bonds. The number of nitrogens with one attached hydrogen (secondary N) is 1. The van der Waals surface area contributed by atoms with Gasteiger partial charge in [0.15, 0.2) is 0 Å². The molecule has 2 aromatic rings. The minimum absolute atomic E-state index is 0.0515. The van der Waals surface area contributed by atoms with Gasteiger partial charge in [-0.3, -0.25) is 19.6 Å². The number of benzene rings is 2. The van der Waals surface area contributed by atoms with Crippen molar-refractivity contribution in [2.24, 2.45) is 16.6 Å². The highest BCUT2D eigenvalue weighted by Gasteiger charge is 2.34. The summed E-state index contributed by atoms with van der Waals surface area (Å²) in [4.78, 5) is 31.7. The molecule has 1 heterocycles. The SMILES string of the molecule is C/C=C(\OC)c1ccc(CNC(=O)C2CN(Cc3ccccc3CN=C/C=C\N)CC(C)N2C)cc1.CC.CC(C)C=O. The lowest BCUT2D eigenvalue weighted by Crippen LogP contribution is -2.60. The van der Waals surface area contributed by atoms with E-state index < -0.39 is 0 Å². The third-order valence-electron chi connectivity index (χ3n) is 6.98. The van der Waals surface area contributed by atoms with Gasteiger partial charge in [-0.05, 0) is 55.9 Å². The number of nitrogens with two attached hydrogens (primary N) is 1. The molecule has 2 unspecified atom stereocenters. The molecule has 1 aliphatic heterocycles. The number of rotatable bonds is 11. The van der Waals surface area contributed by atoms with Crippen molar-refractivity contribution in [3.8, 4) is 0 Å². The highest BCUT2D eigenvalue weighted by Crippen LogP contribution is 2.20. The monoisotopic (exact) mass is 591 g/mol. The van der Waals surface area contributed by atoms with Gasteiger partial charge in [0, 0.05) is 49.9 Å². The number of ether oxygens (including phenoxy) is 1. The molecule has 0 radical (unpaired) electrons. The van der Waals surface area contributed by atoms with Gasteiger partial charge in [-0.25, -0.2) is 0 Å². The summed E-state index contributed by atoms with van der Waals surface area (Å²) in [5.74, 6) is 1.09. The van der Waals surface area contributed by atoms with Crippen molar-refractivity contribution < 1.29 is 14.3 Å². The van der Waals surface area contributed by atoms with E-state index in [-0.39, 0.29) is 23.9 Å². The molecule has 3 rings (SSSR count). The number of carbonyl (C=O) groups is 2. The van der Waals surface area contributed by atoms with Crippen LogP contribution in [0.25, 0.3) is 5.76 Å². The maximum atomic E-state index is 13.2. The number of amides is 1. The Morgan fingerprint density at radius 3 is 2.30 bits per heavy atom. The Kier molecular flexibility index (Phi) is 18.2. The number of methoxy groups -OCH3 is 1. The molecule has 43 heavy (non-hydrogen) atoms. The molecule has 3 N–H and O–H groups in total. The van der Waals surface area contributed by atoms with Gasteiger partial charge in [0.25, 0.3) is 0 Å². The fourth-order valence-electron chi connectivity index (χ4n) is 4.52. The van der Waals surface area contributed by atoms with Crippen molar-refractivity contribution >= 4 is 24.2 Å². The standard InChI is InChI=1S/C29H39N5O2.C4H8O.C2H6/c1-5-28(36-4)24-13-11-23(12-14-24)17-32-29(35)27-21-34(19-22(2)33(27)3)20-26-10-7-6-9-25(26)18-31-16-8-15-30;1-4(2)3-5;1-2/h5-16,22,27H,17-21,30H2,1-4H3,(H,32,35);3-4H,1-2H3;1-2H3/b15-8-,28-5-,31-16?;;. The Balaban J connectivity index is 0.00000120. The second-order valence-electron chi connectivity index (χ2n) is 10.5. The summed E-state index contributed by atoms with van der Waals surface area (Å²) >= 11 is 0. The molecular formula is C35H53N5O3. The van der Waals surface area contributed by atoms with E-state index in [9.17, 15) is 9.59 Å². The lowest BCUT2D eigenvalue weighted by Gasteiger charge is -2.43. The zero-order valence-corrected chi connectivity index (χ0v) is 27.4. The van der Waals surface area contributed by atoms with Gasteiger partial charge in [0.05, 0.1) is 13.7 Å². The number of carbonyl (C=O) groups excluding carboxylic acids is 2. The second kappa shape index (κ2) is 21.0. The fraction of sp³-hybridized carbons (Fsp3) is 0.457. The first-order chi connectivity index (χ1) is 20.7. The summed E-state index contributed by atoms with van der Waals surface area (Å²) in [7, 11) is 3.71. The minimum Gasteiger partial charge on any atom is -0.496 e. The predicted octanol–water partition coefficient (Wildman–Crippen LogP) is 5.43. The summed E-state index contributed by atoms with van der Waals surface area (Å²) in [5, 5.41) is 3.14. The molecule has 0 aliphatic carbocycles. The molecule has 236 valence electrons. The summed E-state index contributed by atoms with van der Waals surface area (Å²) in [6.45, 7) is 15.3. The van der Waals surface area contributed by atoms with Gasteiger partial charge in [0.2, 0.25) is 5.91 Å². The first-order valence-electron chi connectivity index (χ1n) is 15.1. The zero-order valence-electron chi connectivity index (χ0n) is 27.4. The first kappa shape index (κ1) is 37.3. The zero-order chi connectivity index (χ0) is 32.2. The van der Waals surface area contributed by atoms with Crippen molar-refractivity contribution in [2.75, 3.05) is 27.2 Å². The molecule has 1 aliphatic rings. The van der Waals surface area contributed by atoms with E-state index >= 15 is 0 Å². The lowest BCUT2D eigenvalue weighted by molar-refractivity contribution is -0.130. The maximum Gasteiger partial charge on any atom is 0.238 e. The summed E-state index contributed by atoms with van der Waals surface area (Å²) < 4.78 is 5.38. The Bertz CT molecular complexity index is 1170. The van der Waals surface area contributed by atoms with E-state index in [4.69, 9.17) is 10.5 Å². The minimum atomic E-state index is -0.212. The molecular weight excluding hydrogens is 538 g/mol. The quantitative estimate of drug-likeness (QED) is 0.206. The smallest absolute Gasteiger partial charge is 0.238 e. The molecule has 8 heteroatoms. The first-order valence-corrected chi connectivity index (χ1v) is 15.1. The maximum absolute atomic E-state index is 13.2. The number of hydrogen-bond acceptors (Lipinski definition) is 7. The van der Waals surface area contributed by atoms with Crippen LogP contribution in [0.15, 0.2) is 71.9 Å². The number of hydrogen-bond donors (Lipinski definition) is 2. The Hall–Kier alpha value is -3.75. The van der Waals surface area contributed by atoms with Crippen molar-refractivity contribution in [3.63, 3.8) is 0 Å². The molecule has 0 spiro atoms. The Morgan fingerprint density at radius 2 is 1.74 bits per heavy atom. The molecule has 0 aromatic heterocycles. The van der Waals surface area contributed by atoms with Crippen molar-refractivity contribution in [3.05, 3.63) is 89.1 Å². The summed E-state index contributed by atoms with van der Waals surface area (Å²) in [6, 6.07) is 16.5. The van der Waals surface area contributed by atoms with Crippen LogP contribution in [0.1, 0.15) is 63.8 Å². The van der Waals surface area contributed by atoms with Crippen LogP contribution in [0.4, 0.5) is 0 Å². The summed E-state index contributed by atoms with van der Waals surface area (Å²) in [6.07, 6.45) is 7.77. The number of allylic oxidation sites excluding steroid dienone is 2. The van der Waals surface area contributed by atoms with Crippen LogP contribution in [0.5, 0.6) is 0 Å². The molecule has 0 bridgehead atoms. The molecule has 1 saturated heterocycles. The third kappa shape index (κ3) is 13.0. The van der Waals surface area contributed by atoms with Gasteiger partial charge in [0.1, 0.15) is 18.1 Å². The van der Waals surface area contributed by atoms with Crippen LogP contribution in [0.2, 0.25) is 0 Å².